The van der Waals surface area contributed by atoms with E-state index >= 15 is 0 Å². The number of methoxy groups -OCH3 is 1. The number of hydrogen-bond donors (Lipinski definition) is 2. The van der Waals surface area contributed by atoms with Crippen LogP contribution in [0.25, 0.3) is 10.1 Å². The van der Waals surface area contributed by atoms with Crippen molar-refractivity contribution in [1.82, 2.24) is 4.72 Å². The van der Waals surface area contributed by atoms with Gasteiger partial charge in [-0.25, -0.2) is 17.9 Å². The first kappa shape index (κ1) is 22.9. The fourth-order valence-electron chi connectivity index (χ4n) is 2.77. The summed E-state index contributed by atoms with van der Waals surface area (Å²) in [5.41, 5.74) is 0.872. The molecule has 164 valence electrons. The molecule has 1 heterocycles. The summed E-state index contributed by atoms with van der Waals surface area (Å²) in [5.74, 6) is -0.752. The van der Waals surface area contributed by atoms with E-state index in [1.54, 1.807) is 25.1 Å². The molecule has 0 saturated carbocycles. The predicted octanol–water partition coefficient (Wildman–Crippen LogP) is 3.26. The Hall–Kier alpha value is -2.79. The monoisotopic (exact) mass is 462 g/mol. The highest BCUT2D eigenvalue weighted by atomic mass is 32.2. The highest BCUT2D eigenvalue weighted by Gasteiger charge is 2.15. The smallest absolute Gasteiger partial charge is 0.348 e. The zero-order valence-electron chi connectivity index (χ0n) is 17.0. The molecule has 10 heteroatoms. The van der Waals surface area contributed by atoms with Crippen LogP contribution in [0.15, 0.2) is 53.4 Å². The molecule has 3 rings (SSSR count). The number of esters is 1. The number of nitrogens with one attached hydrogen (secondary N) is 2. The Labute approximate surface area is 184 Å². The lowest BCUT2D eigenvalue weighted by Crippen LogP contribution is -2.27. The van der Waals surface area contributed by atoms with Crippen LogP contribution in [0.3, 0.4) is 0 Å². The zero-order chi connectivity index (χ0) is 22.4. The standard InChI is InChI=1S/C21H22N2O6S2/c1-3-29-21(25)19-13-15-12-16(6-9-18(15)30-19)23-20(24)14-4-7-17(8-5-14)31(26,27)22-10-11-28-2/h4-9,12-13,22H,3,10-11H2,1-2H3,(H,23,24). The van der Waals surface area contributed by atoms with E-state index in [0.29, 0.717) is 22.7 Å². The maximum Gasteiger partial charge on any atom is 0.348 e. The Morgan fingerprint density at radius 2 is 1.81 bits per heavy atom. The van der Waals surface area contributed by atoms with Gasteiger partial charge in [0.15, 0.2) is 0 Å². The van der Waals surface area contributed by atoms with Gasteiger partial charge >= 0.3 is 5.97 Å². The number of hydrogen-bond acceptors (Lipinski definition) is 7. The van der Waals surface area contributed by atoms with Crippen molar-refractivity contribution in [1.29, 1.82) is 0 Å². The zero-order valence-corrected chi connectivity index (χ0v) is 18.6. The molecule has 3 aromatic rings. The van der Waals surface area contributed by atoms with Gasteiger partial charge in [-0.2, -0.15) is 0 Å². The largest absolute Gasteiger partial charge is 0.462 e. The molecule has 0 aliphatic rings. The first-order valence-corrected chi connectivity index (χ1v) is 11.7. The summed E-state index contributed by atoms with van der Waals surface area (Å²) < 4.78 is 37.6. The molecule has 0 atom stereocenters. The average molecular weight is 463 g/mol. The minimum Gasteiger partial charge on any atom is -0.462 e. The fraction of sp³-hybridized carbons (Fsp3) is 0.238. The molecule has 0 saturated heterocycles. The minimum atomic E-state index is -3.67. The van der Waals surface area contributed by atoms with Gasteiger partial charge in [0.1, 0.15) is 4.88 Å². The van der Waals surface area contributed by atoms with Gasteiger partial charge < -0.3 is 14.8 Å². The summed E-state index contributed by atoms with van der Waals surface area (Å²) in [6.07, 6.45) is 0. The molecule has 8 nitrogen and oxygen atoms in total. The van der Waals surface area contributed by atoms with Crippen molar-refractivity contribution in [3.8, 4) is 0 Å². The molecule has 2 aromatic carbocycles. The van der Waals surface area contributed by atoms with Crippen molar-refractivity contribution in [3.05, 3.63) is 59.0 Å². The summed E-state index contributed by atoms with van der Waals surface area (Å²) in [5, 5.41) is 3.60. The minimum absolute atomic E-state index is 0.0614. The number of carbonyl (C=O) groups excluding carboxylic acids is 2. The Morgan fingerprint density at radius 1 is 1.06 bits per heavy atom. The molecule has 0 fully saturated rings. The number of sulfonamides is 1. The van der Waals surface area contributed by atoms with Crippen LogP contribution in [0.2, 0.25) is 0 Å². The third kappa shape index (κ3) is 5.67. The first-order valence-electron chi connectivity index (χ1n) is 9.45. The van der Waals surface area contributed by atoms with Crippen molar-refractivity contribution in [2.75, 3.05) is 32.2 Å². The quantitative estimate of drug-likeness (QED) is 0.373. The van der Waals surface area contributed by atoms with Crippen LogP contribution < -0.4 is 10.0 Å². The lowest BCUT2D eigenvalue weighted by atomic mass is 10.2. The molecule has 1 amide bonds. The van der Waals surface area contributed by atoms with Gasteiger partial charge in [0.05, 0.1) is 18.1 Å². The van der Waals surface area contributed by atoms with Crippen LogP contribution in [0.5, 0.6) is 0 Å². The lowest BCUT2D eigenvalue weighted by Gasteiger charge is -2.08. The molecule has 0 radical (unpaired) electrons. The van der Waals surface area contributed by atoms with Crippen molar-refractivity contribution in [3.63, 3.8) is 0 Å². The second-order valence-corrected chi connectivity index (χ2v) is 9.30. The third-order valence-corrected chi connectivity index (χ3v) is 6.85. The lowest BCUT2D eigenvalue weighted by molar-refractivity contribution is 0.0532. The highest BCUT2D eigenvalue weighted by molar-refractivity contribution is 7.89. The third-order valence-electron chi connectivity index (χ3n) is 4.28. The van der Waals surface area contributed by atoms with Crippen molar-refractivity contribution in [2.24, 2.45) is 0 Å². The first-order chi connectivity index (χ1) is 14.8. The molecular formula is C21H22N2O6S2. The van der Waals surface area contributed by atoms with Crippen molar-refractivity contribution < 1.29 is 27.5 Å². The Kier molecular flexibility index (Phi) is 7.39. The number of amides is 1. The van der Waals surface area contributed by atoms with Crippen LogP contribution in [-0.4, -0.2) is 47.2 Å². The van der Waals surface area contributed by atoms with Gasteiger partial charge in [-0.15, -0.1) is 11.3 Å². The van der Waals surface area contributed by atoms with Crippen LogP contribution in [0, 0.1) is 0 Å². The Morgan fingerprint density at radius 3 is 2.48 bits per heavy atom. The van der Waals surface area contributed by atoms with E-state index in [1.165, 1.54) is 42.7 Å². The number of ether oxygens (including phenoxy) is 2. The maximum absolute atomic E-state index is 12.6. The highest BCUT2D eigenvalue weighted by Crippen LogP contribution is 2.29. The van der Waals surface area contributed by atoms with E-state index in [9.17, 15) is 18.0 Å². The van der Waals surface area contributed by atoms with Crippen LogP contribution in [0.1, 0.15) is 27.0 Å². The molecule has 0 unspecified atom stereocenters. The molecule has 0 bridgehead atoms. The van der Waals surface area contributed by atoms with E-state index in [0.717, 1.165) is 10.1 Å². The second-order valence-electron chi connectivity index (χ2n) is 6.45. The van der Waals surface area contributed by atoms with Crippen molar-refractivity contribution >= 4 is 49.0 Å². The Bertz CT molecular complexity index is 1190. The fourth-order valence-corrected chi connectivity index (χ4v) is 4.72. The van der Waals surface area contributed by atoms with Crippen molar-refractivity contribution in [2.45, 2.75) is 11.8 Å². The molecule has 1 aromatic heterocycles. The molecular weight excluding hydrogens is 440 g/mol. The molecule has 0 spiro atoms. The molecule has 31 heavy (non-hydrogen) atoms. The van der Waals surface area contributed by atoms with Gasteiger partial charge in [0.25, 0.3) is 5.91 Å². The summed E-state index contributed by atoms with van der Waals surface area (Å²) in [7, 11) is -2.18. The summed E-state index contributed by atoms with van der Waals surface area (Å²) in [4.78, 5) is 25.0. The summed E-state index contributed by atoms with van der Waals surface area (Å²) >= 11 is 1.32. The average Bonchev–Trinajstić information content (AvgIpc) is 3.18. The maximum atomic E-state index is 12.6. The number of benzene rings is 2. The van der Waals surface area contributed by atoms with E-state index in [-0.39, 0.29) is 29.9 Å². The van der Waals surface area contributed by atoms with E-state index in [4.69, 9.17) is 9.47 Å². The van der Waals surface area contributed by atoms with E-state index < -0.39 is 10.0 Å². The summed E-state index contributed by atoms with van der Waals surface area (Å²) in [6, 6.07) is 12.7. The Balaban J connectivity index is 1.71. The van der Waals surface area contributed by atoms with Gasteiger partial charge in [0, 0.05) is 29.6 Å². The number of thiophene rings is 1. The van der Waals surface area contributed by atoms with Gasteiger partial charge in [-0.3, -0.25) is 4.79 Å². The second kappa shape index (κ2) is 10.0. The predicted molar refractivity (Wildman–Crippen MR) is 119 cm³/mol. The summed E-state index contributed by atoms with van der Waals surface area (Å²) in [6.45, 7) is 2.47. The number of rotatable bonds is 9. The topological polar surface area (TPSA) is 111 Å². The van der Waals surface area contributed by atoms with Crippen LogP contribution in [0.4, 0.5) is 5.69 Å². The SMILES string of the molecule is CCOC(=O)c1cc2cc(NC(=O)c3ccc(S(=O)(=O)NCCOC)cc3)ccc2s1. The normalized spacial score (nSPS) is 11.4. The number of anilines is 1. The van der Waals surface area contributed by atoms with E-state index in [1.807, 2.05) is 6.07 Å². The number of fused-ring (bicyclic) bond motifs is 1. The van der Waals surface area contributed by atoms with E-state index in [2.05, 4.69) is 10.0 Å². The van der Waals surface area contributed by atoms with Gasteiger partial charge in [0.2, 0.25) is 10.0 Å². The van der Waals surface area contributed by atoms with Gasteiger partial charge in [-0.1, -0.05) is 0 Å². The van der Waals surface area contributed by atoms with Gasteiger partial charge in [-0.05, 0) is 60.8 Å². The molecule has 0 aliphatic carbocycles. The van der Waals surface area contributed by atoms with Crippen LogP contribution in [-0.2, 0) is 19.5 Å². The number of carbonyl (C=O) groups is 2. The molecule has 2 N–H and O–H groups in total. The van der Waals surface area contributed by atoms with Crippen LogP contribution >= 0.6 is 11.3 Å². The molecule has 0 aliphatic heterocycles.